The number of rotatable bonds is 4. The third-order valence-electron chi connectivity index (χ3n) is 3.53. The summed E-state index contributed by atoms with van der Waals surface area (Å²) >= 11 is 1.32. The first kappa shape index (κ1) is 15.7. The molecule has 0 saturated carbocycles. The predicted octanol–water partition coefficient (Wildman–Crippen LogP) is 4.03. The van der Waals surface area contributed by atoms with Gasteiger partial charge in [0.15, 0.2) is 0 Å². The molecule has 0 radical (unpaired) electrons. The highest BCUT2D eigenvalue weighted by atomic mass is 32.2. The summed E-state index contributed by atoms with van der Waals surface area (Å²) in [5.74, 6) is 0.207. The van der Waals surface area contributed by atoms with E-state index < -0.39 is 5.97 Å². The first-order valence-electron chi connectivity index (χ1n) is 7.36. The predicted molar refractivity (Wildman–Crippen MR) is 92.9 cm³/mol. The number of carbonyl (C=O) groups is 1. The summed E-state index contributed by atoms with van der Waals surface area (Å²) in [6.07, 6.45) is 1.84. The van der Waals surface area contributed by atoms with E-state index in [1.807, 2.05) is 24.4 Å². The van der Waals surface area contributed by atoms with Crippen molar-refractivity contribution in [3.8, 4) is 11.4 Å². The number of benzene rings is 1. The summed E-state index contributed by atoms with van der Waals surface area (Å²) in [4.78, 5) is 22.8. The molecular formula is C17H19N3O2S. The van der Waals surface area contributed by atoms with Crippen LogP contribution in [-0.2, 0) is 10.2 Å². The zero-order chi connectivity index (χ0) is 16.6. The van der Waals surface area contributed by atoms with E-state index in [1.54, 1.807) is 0 Å². The molecule has 6 heteroatoms. The van der Waals surface area contributed by atoms with Gasteiger partial charge in [0.25, 0.3) is 0 Å². The van der Waals surface area contributed by atoms with Crippen LogP contribution in [-0.4, -0.2) is 31.8 Å². The number of imidazole rings is 1. The number of hydrogen-bond donors (Lipinski definition) is 3. The monoisotopic (exact) mass is 329 g/mol. The smallest absolute Gasteiger partial charge is 0.313 e. The summed E-state index contributed by atoms with van der Waals surface area (Å²) in [5.41, 5.74) is 2.92. The average Bonchev–Trinajstić information content (AvgIpc) is 3.10. The minimum atomic E-state index is -0.808. The van der Waals surface area contributed by atoms with Crippen LogP contribution < -0.4 is 0 Å². The molecule has 0 fully saturated rings. The van der Waals surface area contributed by atoms with E-state index in [4.69, 9.17) is 5.11 Å². The molecule has 3 aromatic rings. The maximum Gasteiger partial charge on any atom is 0.313 e. The van der Waals surface area contributed by atoms with E-state index in [2.05, 4.69) is 41.8 Å². The number of nitrogens with zero attached hydrogens (tertiary/aromatic N) is 1. The van der Waals surface area contributed by atoms with Gasteiger partial charge in [-0.15, -0.1) is 11.8 Å². The molecule has 0 spiro atoms. The molecule has 5 nitrogen and oxygen atoms in total. The van der Waals surface area contributed by atoms with Crippen LogP contribution in [0.25, 0.3) is 22.3 Å². The molecule has 120 valence electrons. The molecule has 3 N–H and O–H groups in total. The average molecular weight is 329 g/mol. The third-order valence-corrected chi connectivity index (χ3v) is 4.51. The Morgan fingerprint density at radius 1 is 1.22 bits per heavy atom. The number of fused-ring (bicyclic) bond motifs is 1. The van der Waals surface area contributed by atoms with Crippen LogP contribution in [0.4, 0.5) is 0 Å². The van der Waals surface area contributed by atoms with Gasteiger partial charge in [-0.05, 0) is 24.3 Å². The van der Waals surface area contributed by atoms with Gasteiger partial charge in [0.2, 0.25) is 0 Å². The number of H-pyrrole nitrogens is 2. The fourth-order valence-electron chi connectivity index (χ4n) is 2.33. The van der Waals surface area contributed by atoms with Crippen LogP contribution in [0.5, 0.6) is 0 Å². The normalized spacial score (nSPS) is 12.0. The van der Waals surface area contributed by atoms with Crippen LogP contribution in [0.15, 0.2) is 35.4 Å². The van der Waals surface area contributed by atoms with E-state index >= 15 is 0 Å². The number of carboxylic acid groups (broad SMARTS) is 1. The number of aliphatic carboxylic acids is 1. The van der Waals surface area contributed by atoms with Gasteiger partial charge < -0.3 is 15.1 Å². The van der Waals surface area contributed by atoms with Gasteiger partial charge in [0, 0.05) is 21.2 Å². The van der Waals surface area contributed by atoms with E-state index in [0.29, 0.717) is 0 Å². The van der Waals surface area contributed by atoms with Crippen molar-refractivity contribution in [1.29, 1.82) is 0 Å². The largest absolute Gasteiger partial charge is 0.481 e. The second kappa shape index (κ2) is 5.77. The zero-order valence-electron chi connectivity index (χ0n) is 13.3. The van der Waals surface area contributed by atoms with Gasteiger partial charge in [-0.3, -0.25) is 4.79 Å². The van der Waals surface area contributed by atoms with Crippen molar-refractivity contribution >= 4 is 28.6 Å². The molecule has 0 amide bonds. The maximum absolute atomic E-state index is 10.7. The van der Waals surface area contributed by atoms with Crippen LogP contribution in [0.3, 0.4) is 0 Å². The topological polar surface area (TPSA) is 81.8 Å². The summed E-state index contributed by atoms with van der Waals surface area (Å²) in [5, 5.41) is 9.83. The number of aromatic amines is 2. The van der Waals surface area contributed by atoms with Crippen LogP contribution in [0.2, 0.25) is 0 Å². The quantitative estimate of drug-likeness (QED) is 0.631. The van der Waals surface area contributed by atoms with Crippen molar-refractivity contribution in [2.24, 2.45) is 0 Å². The molecule has 0 aliphatic heterocycles. The Morgan fingerprint density at radius 2 is 2.00 bits per heavy atom. The fraction of sp³-hybridized carbons (Fsp3) is 0.294. The van der Waals surface area contributed by atoms with Crippen LogP contribution in [0.1, 0.15) is 26.6 Å². The summed E-state index contributed by atoms with van der Waals surface area (Å²) in [7, 11) is 0. The van der Waals surface area contributed by atoms with Gasteiger partial charge in [0.05, 0.1) is 23.3 Å². The number of hydrogen-bond acceptors (Lipinski definition) is 3. The molecule has 0 unspecified atom stereocenters. The second-order valence-electron chi connectivity index (χ2n) is 6.51. The minimum absolute atomic E-state index is 0.0229. The van der Waals surface area contributed by atoms with E-state index in [-0.39, 0.29) is 11.2 Å². The number of thioether (sulfide) groups is 1. The molecule has 0 saturated heterocycles. The number of nitrogens with one attached hydrogen (secondary N) is 2. The molecule has 2 heterocycles. The summed E-state index contributed by atoms with van der Waals surface area (Å²) in [6.45, 7) is 6.35. The second-order valence-corrected chi connectivity index (χ2v) is 7.56. The van der Waals surface area contributed by atoms with Crippen molar-refractivity contribution < 1.29 is 9.90 Å². The van der Waals surface area contributed by atoms with Gasteiger partial charge in [-0.2, -0.15) is 0 Å². The van der Waals surface area contributed by atoms with Crippen LogP contribution in [0, 0.1) is 0 Å². The highest BCUT2D eigenvalue weighted by molar-refractivity contribution is 8.00. The molecule has 0 aliphatic rings. The van der Waals surface area contributed by atoms with Crippen LogP contribution >= 0.6 is 11.8 Å². The Labute approximate surface area is 138 Å². The molecule has 0 aliphatic carbocycles. The van der Waals surface area contributed by atoms with Crippen molar-refractivity contribution in [3.05, 3.63) is 36.3 Å². The molecule has 0 bridgehead atoms. The van der Waals surface area contributed by atoms with Gasteiger partial charge in [0.1, 0.15) is 5.82 Å². The Kier molecular flexibility index (Phi) is 3.93. The molecule has 2 aromatic heterocycles. The van der Waals surface area contributed by atoms with Gasteiger partial charge in [-0.1, -0.05) is 20.8 Å². The lowest BCUT2D eigenvalue weighted by molar-refractivity contribution is -0.133. The lowest BCUT2D eigenvalue weighted by Gasteiger charge is -2.13. The number of aromatic nitrogens is 3. The van der Waals surface area contributed by atoms with Crippen molar-refractivity contribution in [1.82, 2.24) is 15.0 Å². The summed E-state index contributed by atoms with van der Waals surface area (Å²) in [6, 6.07) is 7.97. The minimum Gasteiger partial charge on any atom is -0.481 e. The summed E-state index contributed by atoms with van der Waals surface area (Å²) < 4.78 is 0. The lowest BCUT2D eigenvalue weighted by Crippen LogP contribution is -2.13. The van der Waals surface area contributed by atoms with E-state index in [0.717, 1.165) is 33.0 Å². The highest BCUT2D eigenvalue weighted by Gasteiger charge is 2.18. The van der Waals surface area contributed by atoms with Crippen molar-refractivity contribution in [2.45, 2.75) is 31.1 Å². The molecular weight excluding hydrogens is 310 g/mol. The Balaban J connectivity index is 1.90. The standard InChI is InChI=1S/C17H19N3O2S/c1-17(2,3)16-18-8-14(20-16)13-7-10-6-11(23-9-15(21)22)4-5-12(10)19-13/h4-8,19H,9H2,1-3H3,(H,18,20)(H,21,22). The first-order chi connectivity index (χ1) is 10.8. The molecule has 0 atom stereocenters. The van der Waals surface area contributed by atoms with Crippen molar-refractivity contribution in [3.63, 3.8) is 0 Å². The zero-order valence-corrected chi connectivity index (χ0v) is 14.1. The Bertz CT molecular complexity index is 858. The fourth-order valence-corrected chi connectivity index (χ4v) is 2.99. The molecule has 23 heavy (non-hydrogen) atoms. The van der Waals surface area contributed by atoms with Gasteiger partial charge in [-0.25, -0.2) is 4.98 Å². The molecule has 1 aromatic carbocycles. The number of carboxylic acids is 1. The first-order valence-corrected chi connectivity index (χ1v) is 8.35. The van der Waals surface area contributed by atoms with Gasteiger partial charge >= 0.3 is 5.97 Å². The van der Waals surface area contributed by atoms with E-state index in [1.165, 1.54) is 11.8 Å². The third kappa shape index (κ3) is 3.42. The molecule has 3 rings (SSSR count). The SMILES string of the molecule is CC(C)(C)c1ncc(-c2cc3cc(SCC(=O)O)ccc3[nH]2)[nH]1. The lowest BCUT2D eigenvalue weighted by atomic mass is 9.96. The maximum atomic E-state index is 10.7. The Hall–Kier alpha value is -2.21. The highest BCUT2D eigenvalue weighted by Crippen LogP contribution is 2.28. The van der Waals surface area contributed by atoms with Crippen molar-refractivity contribution in [2.75, 3.05) is 5.75 Å². The Morgan fingerprint density at radius 3 is 2.65 bits per heavy atom. The van der Waals surface area contributed by atoms with E-state index in [9.17, 15) is 4.79 Å².